The summed E-state index contributed by atoms with van der Waals surface area (Å²) in [4.78, 5) is 27.2. The molecule has 0 radical (unpaired) electrons. The highest BCUT2D eigenvalue weighted by Crippen LogP contribution is 2.16. The second kappa shape index (κ2) is 8.58. The van der Waals surface area contributed by atoms with Gasteiger partial charge in [-0.25, -0.2) is 4.79 Å². The van der Waals surface area contributed by atoms with Crippen molar-refractivity contribution in [3.63, 3.8) is 0 Å². The molecule has 1 saturated heterocycles. The van der Waals surface area contributed by atoms with E-state index in [-0.39, 0.29) is 6.61 Å². The van der Waals surface area contributed by atoms with Gasteiger partial charge in [-0.15, -0.1) is 5.10 Å². The van der Waals surface area contributed by atoms with Crippen molar-refractivity contribution in [3.8, 4) is 11.4 Å². The molecule has 1 aliphatic heterocycles. The molecule has 2 heterocycles. The SMILES string of the molecule is CCOC(=O)C(=O)N1CCN(Cc2nnnn2-c2ccc(OC)cc2)CC1. The molecule has 0 aliphatic carbocycles. The highest BCUT2D eigenvalue weighted by Gasteiger charge is 2.27. The van der Waals surface area contributed by atoms with Crippen LogP contribution in [0.4, 0.5) is 0 Å². The lowest BCUT2D eigenvalue weighted by Gasteiger charge is -2.33. The van der Waals surface area contributed by atoms with Gasteiger partial charge in [0.1, 0.15) is 5.75 Å². The number of tetrazole rings is 1. The van der Waals surface area contributed by atoms with Crippen LogP contribution >= 0.6 is 0 Å². The Kier molecular flexibility index (Phi) is 5.97. The maximum atomic E-state index is 12.0. The number of esters is 1. The first-order valence-corrected chi connectivity index (χ1v) is 8.72. The summed E-state index contributed by atoms with van der Waals surface area (Å²) in [7, 11) is 1.61. The van der Waals surface area contributed by atoms with E-state index in [1.165, 1.54) is 4.90 Å². The van der Waals surface area contributed by atoms with Crippen LogP contribution in [-0.4, -0.2) is 81.8 Å². The Bertz CT molecular complexity index is 783. The highest BCUT2D eigenvalue weighted by molar-refractivity contribution is 6.32. The van der Waals surface area contributed by atoms with Gasteiger partial charge < -0.3 is 14.4 Å². The normalized spacial score (nSPS) is 14.8. The zero-order valence-electron chi connectivity index (χ0n) is 15.4. The molecule has 0 N–H and O–H groups in total. The Hall–Kier alpha value is -3.01. The van der Waals surface area contributed by atoms with Crippen LogP contribution in [0.25, 0.3) is 5.69 Å². The van der Waals surface area contributed by atoms with Crippen molar-refractivity contribution >= 4 is 11.9 Å². The van der Waals surface area contributed by atoms with Crippen LogP contribution in [0.5, 0.6) is 5.75 Å². The Morgan fingerprint density at radius 3 is 2.44 bits per heavy atom. The van der Waals surface area contributed by atoms with Crippen molar-refractivity contribution in [2.24, 2.45) is 0 Å². The van der Waals surface area contributed by atoms with Crippen LogP contribution in [0, 0.1) is 0 Å². The third-order valence-corrected chi connectivity index (χ3v) is 4.33. The second-order valence-electron chi connectivity index (χ2n) is 5.99. The fraction of sp³-hybridized carbons (Fsp3) is 0.471. The minimum absolute atomic E-state index is 0.193. The lowest BCUT2D eigenvalue weighted by molar-refractivity contribution is -0.160. The second-order valence-corrected chi connectivity index (χ2v) is 5.99. The molecule has 144 valence electrons. The van der Waals surface area contributed by atoms with Crippen LogP contribution in [-0.2, 0) is 20.9 Å². The average Bonchev–Trinajstić information content (AvgIpc) is 3.16. The molecule has 1 amide bonds. The fourth-order valence-corrected chi connectivity index (χ4v) is 2.86. The lowest BCUT2D eigenvalue weighted by atomic mass is 10.3. The molecule has 0 atom stereocenters. The molecule has 10 heteroatoms. The average molecular weight is 374 g/mol. The first-order valence-electron chi connectivity index (χ1n) is 8.72. The number of aromatic nitrogens is 4. The molecule has 0 unspecified atom stereocenters. The van der Waals surface area contributed by atoms with Gasteiger partial charge in [-0.1, -0.05) is 0 Å². The van der Waals surface area contributed by atoms with Gasteiger partial charge in [0.2, 0.25) is 0 Å². The first-order chi connectivity index (χ1) is 13.1. The van der Waals surface area contributed by atoms with Crippen molar-refractivity contribution in [1.82, 2.24) is 30.0 Å². The molecule has 3 rings (SSSR count). The van der Waals surface area contributed by atoms with Crippen LogP contribution in [0.1, 0.15) is 12.7 Å². The molecule has 10 nitrogen and oxygen atoms in total. The quantitative estimate of drug-likeness (QED) is 0.527. The molecule has 0 saturated carbocycles. The van der Waals surface area contributed by atoms with Gasteiger partial charge in [-0.05, 0) is 41.6 Å². The molecule has 27 heavy (non-hydrogen) atoms. The van der Waals surface area contributed by atoms with Gasteiger partial charge in [0.05, 0.1) is 25.9 Å². The summed E-state index contributed by atoms with van der Waals surface area (Å²) in [5.74, 6) is 0.0788. The van der Waals surface area contributed by atoms with Crippen molar-refractivity contribution in [1.29, 1.82) is 0 Å². The zero-order valence-corrected chi connectivity index (χ0v) is 15.4. The topological polar surface area (TPSA) is 103 Å². The van der Waals surface area contributed by atoms with Crippen LogP contribution in [0.3, 0.4) is 0 Å². The largest absolute Gasteiger partial charge is 0.497 e. The van der Waals surface area contributed by atoms with Gasteiger partial charge in [0, 0.05) is 26.2 Å². The van der Waals surface area contributed by atoms with Crippen LogP contribution < -0.4 is 4.74 Å². The number of carbonyl (C=O) groups is 2. The van der Waals surface area contributed by atoms with E-state index in [2.05, 4.69) is 20.4 Å². The summed E-state index contributed by atoms with van der Waals surface area (Å²) in [6.07, 6.45) is 0. The smallest absolute Gasteiger partial charge is 0.397 e. The zero-order chi connectivity index (χ0) is 19.2. The van der Waals surface area contributed by atoms with E-state index in [1.54, 1.807) is 18.7 Å². The third kappa shape index (κ3) is 4.40. The molecule has 1 aromatic heterocycles. The first kappa shape index (κ1) is 18.8. The number of carbonyl (C=O) groups excluding carboxylic acids is 2. The van der Waals surface area contributed by atoms with E-state index in [0.717, 1.165) is 11.4 Å². The molecule has 2 aromatic rings. The van der Waals surface area contributed by atoms with Crippen molar-refractivity contribution in [2.45, 2.75) is 13.5 Å². The van der Waals surface area contributed by atoms with Gasteiger partial charge >= 0.3 is 11.9 Å². The molecule has 0 spiro atoms. The van der Waals surface area contributed by atoms with E-state index in [4.69, 9.17) is 9.47 Å². The number of hydrogen-bond donors (Lipinski definition) is 0. The summed E-state index contributed by atoms with van der Waals surface area (Å²) >= 11 is 0. The Morgan fingerprint density at radius 2 is 1.81 bits per heavy atom. The van der Waals surface area contributed by atoms with E-state index in [1.807, 2.05) is 24.3 Å². The lowest BCUT2D eigenvalue weighted by Crippen LogP contribution is -2.50. The summed E-state index contributed by atoms with van der Waals surface area (Å²) in [5, 5.41) is 11.9. The van der Waals surface area contributed by atoms with Crippen LogP contribution in [0.2, 0.25) is 0 Å². The number of ether oxygens (including phenoxy) is 2. The van der Waals surface area contributed by atoms with Crippen molar-refractivity contribution < 1.29 is 19.1 Å². The summed E-state index contributed by atoms with van der Waals surface area (Å²) < 4.78 is 11.6. The minimum atomic E-state index is -0.797. The van der Waals surface area contributed by atoms with Crippen molar-refractivity contribution in [3.05, 3.63) is 30.1 Å². The number of rotatable bonds is 5. The van der Waals surface area contributed by atoms with Gasteiger partial charge in [0.25, 0.3) is 0 Å². The van der Waals surface area contributed by atoms with Crippen molar-refractivity contribution in [2.75, 3.05) is 39.9 Å². The van der Waals surface area contributed by atoms with Crippen LogP contribution in [0.15, 0.2) is 24.3 Å². The van der Waals surface area contributed by atoms with Gasteiger partial charge in [0.15, 0.2) is 5.82 Å². The number of amides is 1. The summed E-state index contributed by atoms with van der Waals surface area (Å²) in [6, 6.07) is 7.46. The number of hydrogen-bond acceptors (Lipinski definition) is 8. The maximum Gasteiger partial charge on any atom is 0.397 e. The maximum absolute atomic E-state index is 12.0. The van der Waals surface area contributed by atoms with E-state index in [9.17, 15) is 9.59 Å². The predicted octanol–water partition coefficient (Wildman–Crippen LogP) is -0.122. The van der Waals surface area contributed by atoms with E-state index >= 15 is 0 Å². The molecular weight excluding hydrogens is 352 g/mol. The Balaban J connectivity index is 1.59. The standard InChI is InChI=1S/C17H22N6O4/c1-3-27-17(25)16(24)22-10-8-21(9-11-22)12-15-18-19-20-23(15)13-4-6-14(26-2)7-5-13/h4-7H,3,8-12H2,1-2H3. The summed E-state index contributed by atoms with van der Waals surface area (Å²) in [5.41, 5.74) is 0.840. The Labute approximate surface area is 156 Å². The predicted molar refractivity (Wildman–Crippen MR) is 94.2 cm³/mol. The molecule has 1 aromatic carbocycles. The number of methoxy groups -OCH3 is 1. The Morgan fingerprint density at radius 1 is 1.11 bits per heavy atom. The molecule has 0 bridgehead atoms. The summed E-state index contributed by atoms with van der Waals surface area (Å²) in [6.45, 7) is 4.58. The third-order valence-electron chi connectivity index (χ3n) is 4.33. The van der Waals surface area contributed by atoms with Gasteiger partial charge in [-0.3, -0.25) is 9.69 Å². The highest BCUT2D eigenvalue weighted by atomic mass is 16.5. The molecule has 1 aliphatic rings. The fourth-order valence-electron chi connectivity index (χ4n) is 2.86. The molecule has 1 fully saturated rings. The van der Waals surface area contributed by atoms with E-state index < -0.39 is 11.9 Å². The van der Waals surface area contributed by atoms with E-state index in [0.29, 0.717) is 38.5 Å². The van der Waals surface area contributed by atoms with Gasteiger partial charge in [-0.2, -0.15) is 4.68 Å². The molecular formula is C17H22N6O4. The monoisotopic (exact) mass is 374 g/mol. The number of benzene rings is 1. The number of piperazine rings is 1. The minimum Gasteiger partial charge on any atom is -0.497 e. The number of nitrogens with zero attached hydrogens (tertiary/aromatic N) is 6.